The highest BCUT2D eigenvalue weighted by molar-refractivity contribution is 7.92. The van der Waals surface area contributed by atoms with Crippen molar-refractivity contribution in [1.29, 1.82) is 0 Å². The van der Waals surface area contributed by atoms with Crippen LogP contribution in [0.2, 0.25) is 0 Å². The lowest BCUT2D eigenvalue weighted by Crippen LogP contribution is -2.26. The van der Waals surface area contributed by atoms with Crippen LogP contribution in [0.4, 0.5) is 5.69 Å². The van der Waals surface area contributed by atoms with Crippen LogP contribution in [-0.2, 0) is 10.0 Å². The lowest BCUT2D eigenvalue weighted by atomic mass is 10.1. The fourth-order valence-electron chi connectivity index (χ4n) is 3.28. The summed E-state index contributed by atoms with van der Waals surface area (Å²) in [6.07, 6.45) is 0. The zero-order valence-corrected chi connectivity index (χ0v) is 18.8. The van der Waals surface area contributed by atoms with Gasteiger partial charge in [-0.3, -0.25) is 9.52 Å². The molecule has 0 aromatic heterocycles. The van der Waals surface area contributed by atoms with Crippen LogP contribution in [0.1, 0.15) is 40.0 Å². The highest BCUT2D eigenvalue weighted by Gasteiger charge is 2.18. The zero-order chi connectivity index (χ0) is 22.6. The molecule has 0 spiro atoms. The number of aryl methyl sites for hydroxylation is 2. The summed E-state index contributed by atoms with van der Waals surface area (Å²) in [5, 5.41) is 2.94. The maximum absolute atomic E-state index is 12.8. The normalized spacial score (nSPS) is 12.1. The van der Waals surface area contributed by atoms with Gasteiger partial charge in [-0.15, -0.1) is 0 Å². The van der Waals surface area contributed by atoms with Gasteiger partial charge in [-0.25, -0.2) is 8.42 Å². The Balaban J connectivity index is 1.72. The third-order valence-corrected chi connectivity index (χ3v) is 6.51. The van der Waals surface area contributed by atoms with E-state index in [0.29, 0.717) is 22.6 Å². The molecule has 2 N–H and O–H groups in total. The lowest BCUT2D eigenvalue weighted by Gasteiger charge is -2.17. The third kappa shape index (κ3) is 5.24. The van der Waals surface area contributed by atoms with Crippen molar-refractivity contribution in [3.63, 3.8) is 0 Å². The molecule has 0 saturated heterocycles. The van der Waals surface area contributed by atoms with E-state index >= 15 is 0 Å². The molecule has 1 atom stereocenters. The fraction of sp³-hybridized carbons (Fsp3) is 0.208. The Kier molecular flexibility index (Phi) is 6.65. The second-order valence-electron chi connectivity index (χ2n) is 7.39. The number of hydrogen-bond acceptors (Lipinski definition) is 4. The van der Waals surface area contributed by atoms with Crippen LogP contribution in [0, 0.1) is 13.8 Å². The van der Waals surface area contributed by atoms with Crippen LogP contribution < -0.4 is 14.8 Å². The Morgan fingerprint density at radius 1 is 0.968 bits per heavy atom. The number of benzene rings is 3. The first-order valence-corrected chi connectivity index (χ1v) is 11.3. The third-order valence-electron chi connectivity index (χ3n) is 4.99. The maximum atomic E-state index is 12.8. The summed E-state index contributed by atoms with van der Waals surface area (Å²) in [4.78, 5) is 12.9. The zero-order valence-electron chi connectivity index (χ0n) is 18.0. The summed E-state index contributed by atoms with van der Waals surface area (Å²) in [5.41, 5.74) is 3.21. The van der Waals surface area contributed by atoms with Gasteiger partial charge in [0.05, 0.1) is 18.0 Å². The van der Waals surface area contributed by atoms with Gasteiger partial charge in [-0.2, -0.15) is 0 Å². The van der Waals surface area contributed by atoms with Crippen LogP contribution in [0.3, 0.4) is 0 Å². The molecular weight excluding hydrogens is 412 g/mol. The van der Waals surface area contributed by atoms with Gasteiger partial charge in [0.1, 0.15) is 5.75 Å². The molecule has 1 unspecified atom stereocenters. The molecule has 0 heterocycles. The molecule has 0 aliphatic carbocycles. The van der Waals surface area contributed by atoms with Gasteiger partial charge >= 0.3 is 0 Å². The Labute approximate surface area is 183 Å². The summed E-state index contributed by atoms with van der Waals surface area (Å²) >= 11 is 0. The van der Waals surface area contributed by atoms with Crippen molar-refractivity contribution in [3.8, 4) is 5.75 Å². The molecule has 7 heteroatoms. The van der Waals surface area contributed by atoms with Crippen molar-refractivity contribution in [2.75, 3.05) is 11.8 Å². The molecule has 0 aliphatic heterocycles. The van der Waals surface area contributed by atoms with E-state index in [0.717, 1.165) is 11.1 Å². The monoisotopic (exact) mass is 438 g/mol. The van der Waals surface area contributed by atoms with Gasteiger partial charge in [0.2, 0.25) is 0 Å². The standard InChI is InChI=1S/C24H26N2O4S/c1-16-9-10-17(2)23(15-16)31(28,29)26-20-13-11-19(12-14-20)24(27)25-18(3)21-7-5-6-8-22(21)30-4/h5-15,18,26H,1-4H3,(H,25,27). The molecular formula is C24H26N2O4S. The summed E-state index contributed by atoms with van der Waals surface area (Å²) in [6.45, 7) is 5.48. The number of amides is 1. The van der Waals surface area contributed by atoms with Gasteiger partial charge in [0.25, 0.3) is 15.9 Å². The number of rotatable bonds is 7. The summed E-state index contributed by atoms with van der Waals surface area (Å²) < 4.78 is 33.4. The van der Waals surface area contributed by atoms with Crippen LogP contribution >= 0.6 is 0 Å². The average molecular weight is 439 g/mol. The van der Waals surface area contributed by atoms with Gasteiger partial charge in [-0.05, 0) is 68.3 Å². The number of ether oxygens (including phenoxy) is 1. The van der Waals surface area contributed by atoms with E-state index in [-0.39, 0.29) is 16.8 Å². The molecule has 0 bridgehead atoms. The summed E-state index contributed by atoms with van der Waals surface area (Å²) in [6, 6.07) is 18.8. The van der Waals surface area contributed by atoms with Crippen LogP contribution in [0.25, 0.3) is 0 Å². The molecule has 0 radical (unpaired) electrons. The van der Waals surface area contributed by atoms with E-state index in [2.05, 4.69) is 10.0 Å². The van der Waals surface area contributed by atoms with Crippen molar-refractivity contribution in [3.05, 3.63) is 89.0 Å². The molecule has 6 nitrogen and oxygen atoms in total. The van der Waals surface area contributed by atoms with E-state index in [1.807, 2.05) is 44.2 Å². The van der Waals surface area contributed by atoms with E-state index in [9.17, 15) is 13.2 Å². The van der Waals surface area contributed by atoms with Crippen molar-refractivity contribution >= 4 is 21.6 Å². The molecule has 162 valence electrons. The van der Waals surface area contributed by atoms with Crippen LogP contribution in [0.15, 0.2) is 71.6 Å². The number of methoxy groups -OCH3 is 1. The number of carbonyl (C=O) groups excluding carboxylic acids is 1. The van der Waals surface area contributed by atoms with Crippen LogP contribution in [0.5, 0.6) is 5.75 Å². The molecule has 1 amide bonds. The second-order valence-corrected chi connectivity index (χ2v) is 9.04. The molecule has 3 aromatic carbocycles. The average Bonchev–Trinajstić information content (AvgIpc) is 2.75. The Morgan fingerprint density at radius 3 is 2.32 bits per heavy atom. The molecule has 31 heavy (non-hydrogen) atoms. The summed E-state index contributed by atoms with van der Waals surface area (Å²) in [7, 11) is -2.14. The van der Waals surface area contributed by atoms with Gasteiger partial charge in [-0.1, -0.05) is 30.3 Å². The fourth-order valence-corrected chi connectivity index (χ4v) is 4.67. The highest BCUT2D eigenvalue weighted by atomic mass is 32.2. The van der Waals surface area contributed by atoms with Crippen molar-refractivity contribution < 1.29 is 17.9 Å². The molecule has 0 saturated carbocycles. The maximum Gasteiger partial charge on any atom is 0.262 e. The largest absolute Gasteiger partial charge is 0.496 e. The van der Waals surface area contributed by atoms with Crippen molar-refractivity contribution in [1.82, 2.24) is 5.32 Å². The Morgan fingerprint density at radius 2 is 1.65 bits per heavy atom. The topological polar surface area (TPSA) is 84.5 Å². The lowest BCUT2D eigenvalue weighted by molar-refractivity contribution is 0.0939. The Hall–Kier alpha value is -3.32. The number of carbonyl (C=O) groups is 1. The summed E-state index contributed by atoms with van der Waals surface area (Å²) in [5.74, 6) is 0.439. The van der Waals surface area contributed by atoms with Gasteiger partial charge < -0.3 is 10.1 Å². The quantitative estimate of drug-likeness (QED) is 0.564. The van der Waals surface area contributed by atoms with Gasteiger partial charge in [0, 0.05) is 16.8 Å². The predicted octanol–water partition coefficient (Wildman–Crippen LogP) is 4.60. The van der Waals surface area contributed by atoms with Crippen molar-refractivity contribution in [2.24, 2.45) is 0 Å². The first kappa shape index (κ1) is 22.4. The van der Waals surface area contributed by atoms with E-state index in [1.165, 1.54) is 0 Å². The minimum atomic E-state index is -3.73. The second kappa shape index (κ2) is 9.22. The number of hydrogen-bond donors (Lipinski definition) is 2. The van der Waals surface area contributed by atoms with Crippen molar-refractivity contribution in [2.45, 2.75) is 31.7 Å². The number of nitrogens with one attached hydrogen (secondary N) is 2. The predicted molar refractivity (Wildman–Crippen MR) is 122 cm³/mol. The SMILES string of the molecule is COc1ccccc1C(C)NC(=O)c1ccc(NS(=O)(=O)c2cc(C)ccc2C)cc1. The molecule has 3 aromatic rings. The number of anilines is 1. The molecule has 0 fully saturated rings. The van der Waals surface area contributed by atoms with E-state index in [4.69, 9.17) is 4.74 Å². The first-order chi connectivity index (χ1) is 14.7. The van der Waals surface area contributed by atoms with E-state index < -0.39 is 10.0 Å². The first-order valence-electron chi connectivity index (χ1n) is 9.85. The number of para-hydroxylation sites is 1. The van der Waals surface area contributed by atoms with Crippen LogP contribution in [-0.4, -0.2) is 21.4 Å². The number of sulfonamides is 1. The van der Waals surface area contributed by atoms with E-state index in [1.54, 1.807) is 50.4 Å². The van der Waals surface area contributed by atoms with Gasteiger partial charge in [0.15, 0.2) is 0 Å². The minimum absolute atomic E-state index is 0.236. The highest BCUT2D eigenvalue weighted by Crippen LogP contribution is 2.25. The Bertz CT molecular complexity index is 1190. The molecule has 3 rings (SSSR count). The minimum Gasteiger partial charge on any atom is -0.496 e. The molecule has 0 aliphatic rings. The smallest absolute Gasteiger partial charge is 0.262 e.